The van der Waals surface area contributed by atoms with Crippen LogP contribution < -0.4 is 4.74 Å². The maximum absolute atomic E-state index is 12.6. The van der Waals surface area contributed by atoms with Gasteiger partial charge in [0.1, 0.15) is 9.96 Å². The minimum atomic E-state index is -3.52. The van der Waals surface area contributed by atoms with Crippen molar-refractivity contribution < 1.29 is 22.9 Å². The minimum absolute atomic E-state index is 0.0607. The van der Waals surface area contributed by atoms with Gasteiger partial charge in [0.15, 0.2) is 6.10 Å². The van der Waals surface area contributed by atoms with E-state index in [0.717, 1.165) is 0 Å². The Bertz CT molecular complexity index is 936. The Morgan fingerprint density at radius 1 is 1.18 bits per heavy atom. The highest BCUT2D eigenvalue weighted by atomic mass is 32.2. The van der Waals surface area contributed by atoms with Gasteiger partial charge in [-0.05, 0) is 30.5 Å². The fourth-order valence-electron chi connectivity index (χ4n) is 2.84. The van der Waals surface area contributed by atoms with E-state index in [-0.39, 0.29) is 37.8 Å². The van der Waals surface area contributed by atoms with Crippen LogP contribution in [0.15, 0.2) is 46.0 Å². The summed E-state index contributed by atoms with van der Waals surface area (Å²) in [6.07, 6.45) is -0.790. The Hall–Kier alpha value is -2.50. The molecule has 1 amide bonds. The predicted molar refractivity (Wildman–Crippen MR) is 103 cm³/mol. The first kappa shape index (κ1) is 20.2. The van der Waals surface area contributed by atoms with Crippen molar-refractivity contribution in [2.75, 3.05) is 26.2 Å². The van der Waals surface area contributed by atoms with E-state index in [2.05, 4.69) is 0 Å². The number of sulfonamides is 1. The number of carbonyl (C=O) groups is 1. The first-order chi connectivity index (χ1) is 13.3. The molecule has 2 aromatic rings. The Balaban J connectivity index is 1.56. The molecule has 0 spiro atoms. The van der Waals surface area contributed by atoms with Gasteiger partial charge >= 0.3 is 0 Å². The number of ether oxygens (including phenoxy) is 1. The number of nitrogens with zero attached hydrogens (tertiary/aromatic N) is 3. The zero-order valence-electron chi connectivity index (χ0n) is 15.1. The number of nitro groups is 1. The average Bonchev–Trinajstić information content (AvgIpc) is 3.23. The third-order valence-corrected chi connectivity index (χ3v) is 7.62. The van der Waals surface area contributed by atoms with Crippen molar-refractivity contribution in [2.45, 2.75) is 17.2 Å². The van der Waals surface area contributed by atoms with Crippen molar-refractivity contribution in [2.24, 2.45) is 0 Å². The van der Waals surface area contributed by atoms with E-state index in [1.54, 1.807) is 29.3 Å². The molecule has 1 saturated heterocycles. The smallest absolute Gasteiger partial charge is 0.269 e. The van der Waals surface area contributed by atoms with Gasteiger partial charge in [-0.2, -0.15) is 4.31 Å². The molecule has 0 bridgehead atoms. The van der Waals surface area contributed by atoms with E-state index in [9.17, 15) is 23.3 Å². The number of benzene rings is 1. The summed E-state index contributed by atoms with van der Waals surface area (Å²) in [5, 5.41) is 12.4. The number of thiophene rings is 1. The van der Waals surface area contributed by atoms with Gasteiger partial charge in [-0.1, -0.05) is 6.07 Å². The molecule has 0 unspecified atom stereocenters. The van der Waals surface area contributed by atoms with Crippen LogP contribution in [0, 0.1) is 10.1 Å². The molecule has 0 aliphatic carbocycles. The van der Waals surface area contributed by atoms with Gasteiger partial charge in [0.25, 0.3) is 21.6 Å². The van der Waals surface area contributed by atoms with Gasteiger partial charge in [0.2, 0.25) is 0 Å². The van der Waals surface area contributed by atoms with Crippen molar-refractivity contribution in [3.63, 3.8) is 0 Å². The van der Waals surface area contributed by atoms with Gasteiger partial charge in [-0.25, -0.2) is 8.42 Å². The number of carbonyl (C=O) groups excluding carboxylic acids is 1. The molecule has 1 aliphatic heterocycles. The normalized spacial score (nSPS) is 16.5. The maximum Gasteiger partial charge on any atom is 0.269 e. The molecular formula is C17H19N3O6S2. The van der Waals surface area contributed by atoms with E-state index in [0.29, 0.717) is 9.96 Å². The maximum atomic E-state index is 12.6. The second kappa shape index (κ2) is 8.25. The zero-order valence-corrected chi connectivity index (χ0v) is 16.7. The molecule has 0 radical (unpaired) electrons. The number of piperazine rings is 1. The zero-order chi connectivity index (χ0) is 20.3. The molecule has 1 aliphatic rings. The molecular weight excluding hydrogens is 406 g/mol. The molecule has 2 heterocycles. The first-order valence-electron chi connectivity index (χ1n) is 8.52. The van der Waals surface area contributed by atoms with Crippen LogP contribution in [0.25, 0.3) is 0 Å². The first-order valence-corrected chi connectivity index (χ1v) is 10.8. The third kappa shape index (κ3) is 4.32. The molecule has 11 heteroatoms. The second-order valence-electron chi connectivity index (χ2n) is 6.17. The monoisotopic (exact) mass is 425 g/mol. The summed E-state index contributed by atoms with van der Waals surface area (Å²) in [5.41, 5.74) is -0.0607. The van der Waals surface area contributed by atoms with Crippen LogP contribution in [-0.4, -0.2) is 60.7 Å². The van der Waals surface area contributed by atoms with Crippen molar-refractivity contribution in [3.05, 3.63) is 51.9 Å². The number of nitro benzene ring substituents is 1. The summed E-state index contributed by atoms with van der Waals surface area (Å²) >= 11 is 1.17. The largest absolute Gasteiger partial charge is 0.481 e. The summed E-state index contributed by atoms with van der Waals surface area (Å²) < 4.78 is 32.3. The molecule has 28 heavy (non-hydrogen) atoms. The number of amides is 1. The molecule has 3 rings (SSSR count). The highest BCUT2D eigenvalue weighted by molar-refractivity contribution is 7.91. The quantitative estimate of drug-likeness (QED) is 0.517. The van der Waals surface area contributed by atoms with E-state index in [1.165, 1.54) is 39.9 Å². The van der Waals surface area contributed by atoms with Gasteiger partial charge < -0.3 is 9.64 Å². The molecule has 9 nitrogen and oxygen atoms in total. The molecule has 150 valence electrons. The van der Waals surface area contributed by atoms with Gasteiger partial charge in [-0.15, -0.1) is 11.3 Å². The lowest BCUT2D eigenvalue weighted by atomic mass is 10.2. The van der Waals surface area contributed by atoms with Crippen LogP contribution in [0.4, 0.5) is 5.69 Å². The van der Waals surface area contributed by atoms with Crippen LogP contribution in [0.2, 0.25) is 0 Å². The highest BCUT2D eigenvalue weighted by Gasteiger charge is 2.32. The Morgan fingerprint density at radius 3 is 2.36 bits per heavy atom. The second-order valence-corrected chi connectivity index (χ2v) is 9.29. The number of hydrogen-bond donors (Lipinski definition) is 0. The van der Waals surface area contributed by atoms with E-state index < -0.39 is 21.1 Å². The Labute approximate surface area is 166 Å². The number of rotatable bonds is 6. The number of non-ortho nitro benzene ring substituents is 1. The molecule has 1 aromatic carbocycles. The topological polar surface area (TPSA) is 110 Å². The van der Waals surface area contributed by atoms with E-state index in [4.69, 9.17) is 4.74 Å². The van der Waals surface area contributed by atoms with E-state index in [1.807, 2.05) is 0 Å². The van der Waals surface area contributed by atoms with Gasteiger partial charge in [0, 0.05) is 38.3 Å². The Kier molecular flexibility index (Phi) is 5.96. The summed E-state index contributed by atoms with van der Waals surface area (Å²) in [7, 11) is -3.52. The standard InChI is InChI=1S/C17H19N3O6S2/c1-13(26-15-6-4-14(5-7-15)20(22)23)17(21)18-8-10-19(11-9-18)28(24,25)16-3-2-12-27-16/h2-7,12-13H,8-11H2,1H3/t13-/m0/s1. The lowest BCUT2D eigenvalue weighted by molar-refractivity contribution is -0.384. The predicted octanol–water partition coefficient (Wildman–Crippen LogP) is 1.96. The lowest BCUT2D eigenvalue weighted by Gasteiger charge is -2.34. The van der Waals surface area contributed by atoms with Crippen LogP contribution in [0.3, 0.4) is 0 Å². The van der Waals surface area contributed by atoms with Crippen LogP contribution in [0.1, 0.15) is 6.92 Å². The minimum Gasteiger partial charge on any atom is -0.481 e. The highest BCUT2D eigenvalue weighted by Crippen LogP contribution is 2.23. The molecule has 1 aromatic heterocycles. The number of hydrogen-bond acceptors (Lipinski definition) is 7. The lowest BCUT2D eigenvalue weighted by Crippen LogP contribution is -2.53. The van der Waals surface area contributed by atoms with Crippen LogP contribution in [-0.2, 0) is 14.8 Å². The van der Waals surface area contributed by atoms with Crippen molar-refractivity contribution >= 4 is 33.0 Å². The SMILES string of the molecule is C[C@H](Oc1ccc([N+](=O)[O-])cc1)C(=O)N1CCN(S(=O)(=O)c2cccs2)CC1. The van der Waals surface area contributed by atoms with Crippen LogP contribution >= 0.6 is 11.3 Å². The fourth-order valence-corrected chi connectivity index (χ4v) is 5.41. The van der Waals surface area contributed by atoms with Crippen molar-refractivity contribution in [1.29, 1.82) is 0 Å². The molecule has 0 N–H and O–H groups in total. The van der Waals surface area contributed by atoms with Gasteiger partial charge in [0.05, 0.1) is 4.92 Å². The summed E-state index contributed by atoms with van der Waals surface area (Å²) in [5.74, 6) is 0.0943. The van der Waals surface area contributed by atoms with Crippen LogP contribution in [0.5, 0.6) is 5.75 Å². The molecule has 1 fully saturated rings. The molecule has 0 saturated carbocycles. The molecule has 1 atom stereocenters. The summed E-state index contributed by atoms with van der Waals surface area (Å²) in [4.78, 5) is 24.3. The fraction of sp³-hybridized carbons (Fsp3) is 0.353. The Morgan fingerprint density at radius 2 is 1.82 bits per heavy atom. The average molecular weight is 425 g/mol. The van der Waals surface area contributed by atoms with Gasteiger partial charge in [-0.3, -0.25) is 14.9 Å². The summed E-state index contributed by atoms with van der Waals surface area (Å²) in [6, 6.07) is 8.74. The van der Waals surface area contributed by atoms with Crippen molar-refractivity contribution in [1.82, 2.24) is 9.21 Å². The van der Waals surface area contributed by atoms with Crippen molar-refractivity contribution in [3.8, 4) is 5.75 Å². The van der Waals surface area contributed by atoms with E-state index >= 15 is 0 Å². The third-order valence-electron chi connectivity index (χ3n) is 4.35. The summed E-state index contributed by atoms with van der Waals surface area (Å²) in [6.45, 7) is 2.58.